The number of hydrogen-bond donors (Lipinski definition) is 3. The Labute approximate surface area is 149 Å². The van der Waals surface area contributed by atoms with Crippen molar-refractivity contribution in [1.82, 2.24) is 5.32 Å². The lowest BCUT2D eigenvalue weighted by atomic mass is 9.96. The quantitative estimate of drug-likeness (QED) is 0.696. The summed E-state index contributed by atoms with van der Waals surface area (Å²) in [5.41, 5.74) is -2.26. The second-order valence-corrected chi connectivity index (χ2v) is 6.14. The molecule has 5 nitrogen and oxygen atoms in total. The van der Waals surface area contributed by atoms with Crippen LogP contribution in [-0.4, -0.2) is 40.2 Å². The van der Waals surface area contributed by atoms with Gasteiger partial charge in [-0.2, -0.15) is 0 Å². The van der Waals surface area contributed by atoms with Gasteiger partial charge in [-0.15, -0.1) is 0 Å². The molecule has 136 valence electrons. The van der Waals surface area contributed by atoms with Crippen molar-refractivity contribution in [3.05, 3.63) is 35.4 Å². The third kappa shape index (κ3) is 5.05. The number of carbonyl (C=O) groups is 2. The van der Waals surface area contributed by atoms with Crippen LogP contribution < -0.4 is 5.32 Å². The summed E-state index contributed by atoms with van der Waals surface area (Å²) in [5.74, 6) is 9.01. The van der Waals surface area contributed by atoms with E-state index < -0.39 is 29.9 Å². The fourth-order valence-electron chi connectivity index (χ4n) is 1.97. The zero-order valence-electron chi connectivity index (χ0n) is 13.9. The maximum absolute atomic E-state index is 12.8. The van der Waals surface area contributed by atoms with Gasteiger partial charge in [0.05, 0.1) is 0 Å². The van der Waals surface area contributed by atoms with E-state index in [2.05, 4.69) is 23.7 Å². The Morgan fingerprint density at radius 2 is 1.85 bits per heavy atom. The van der Waals surface area contributed by atoms with E-state index in [9.17, 15) is 23.5 Å². The highest BCUT2D eigenvalue weighted by atomic mass is 19.3. The Kier molecular flexibility index (Phi) is 5.97. The van der Waals surface area contributed by atoms with Crippen LogP contribution in [0.5, 0.6) is 0 Å². The van der Waals surface area contributed by atoms with Gasteiger partial charge in [0.2, 0.25) is 0 Å². The molecule has 0 aliphatic heterocycles. The van der Waals surface area contributed by atoms with Gasteiger partial charge in [0.1, 0.15) is 0 Å². The lowest BCUT2D eigenvalue weighted by Gasteiger charge is -2.29. The molecule has 1 aliphatic rings. The van der Waals surface area contributed by atoms with Gasteiger partial charge < -0.3 is 15.5 Å². The number of carbonyl (C=O) groups excluding carboxylic acids is 1. The van der Waals surface area contributed by atoms with Gasteiger partial charge in [-0.05, 0) is 55.9 Å². The zero-order chi connectivity index (χ0) is 19.3. The Balaban J connectivity index is 2.06. The topological polar surface area (TPSA) is 86.6 Å². The fourth-order valence-corrected chi connectivity index (χ4v) is 1.97. The summed E-state index contributed by atoms with van der Waals surface area (Å²) in [4.78, 5) is 23.2. The Morgan fingerprint density at radius 1 is 1.23 bits per heavy atom. The molecule has 1 aliphatic carbocycles. The number of halogens is 2. The monoisotopic (exact) mass is 361 g/mol. The first-order valence-electron chi connectivity index (χ1n) is 7.87. The van der Waals surface area contributed by atoms with Gasteiger partial charge in [0, 0.05) is 17.0 Å². The van der Waals surface area contributed by atoms with Crippen LogP contribution in [0.15, 0.2) is 24.3 Å². The highest BCUT2D eigenvalue weighted by molar-refractivity contribution is 5.97. The summed E-state index contributed by atoms with van der Waals surface area (Å²) in [6, 6.07) is 3.66. The average Bonchev–Trinajstić information content (AvgIpc) is 3.40. The third-order valence-corrected chi connectivity index (χ3v) is 3.82. The van der Waals surface area contributed by atoms with Gasteiger partial charge in [-0.3, -0.25) is 4.79 Å². The number of nitrogens with one attached hydrogen (secondary N) is 1. The van der Waals surface area contributed by atoms with Gasteiger partial charge >= 0.3 is 5.97 Å². The van der Waals surface area contributed by atoms with Crippen LogP contribution in [0.3, 0.4) is 0 Å². The molecule has 1 aromatic carbocycles. The molecule has 26 heavy (non-hydrogen) atoms. The largest absolute Gasteiger partial charge is 0.480 e. The molecule has 0 bridgehead atoms. The number of hydrogen-bond acceptors (Lipinski definition) is 3. The van der Waals surface area contributed by atoms with Crippen LogP contribution >= 0.6 is 0 Å². The number of benzene rings is 1. The molecule has 2 unspecified atom stereocenters. The predicted molar refractivity (Wildman–Crippen MR) is 89.3 cm³/mol. The minimum absolute atomic E-state index is 0.0518. The van der Waals surface area contributed by atoms with Crippen LogP contribution in [0.1, 0.15) is 35.7 Å². The first kappa shape index (κ1) is 19.4. The number of amides is 1. The summed E-state index contributed by atoms with van der Waals surface area (Å²) >= 11 is 0. The molecule has 1 amide bonds. The first-order chi connectivity index (χ1) is 12.2. The molecular formula is C19H17F2NO4. The molecule has 0 spiro atoms. The van der Waals surface area contributed by atoms with E-state index in [-0.39, 0.29) is 5.56 Å². The van der Waals surface area contributed by atoms with Crippen molar-refractivity contribution in [3.63, 3.8) is 0 Å². The second-order valence-electron chi connectivity index (χ2n) is 6.14. The summed E-state index contributed by atoms with van der Waals surface area (Å²) in [6.45, 7) is 0.651. The van der Waals surface area contributed by atoms with Crippen LogP contribution in [0.25, 0.3) is 0 Å². The number of carboxylic acids is 1. The number of rotatable bonds is 5. The van der Waals surface area contributed by atoms with Gasteiger partial charge in [-0.25, -0.2) is 13.6 Å². The van der Waals surface area contributed by atoms with E-state index in [1.807, 2.05) is 5.32 Å². The van der Waals surface area contributed by atoms with Crippen molar-refractivity contribution in [2.24, 2.45) is 5.92 Å². The summed E-state index contributed by atoms with van der Waals surface area (Å²) in [7, 11) is 0. The Morgan fingerprint density at radius 3 is 2.35 bits per heavy atom. The van der Waals surface area contributed by atoms with Crippen molar-refractivity contribution in [2.45, 2.75) is 37.8 Å². The van der Waals surface area contributed by atoms with Crippen LogP contribution in [0.4, 0.5) is 8.78 Å². The maximum atomic E-state index is 12.8. The van der Waals surface area contributed by atoms with Crippen molar-refractivity contribution in [2.75, 3.05) is 0 Å². The van der Waals surface area contributed by atoms with E-state index in [1.165, 1.54) is 24.3 Å². The lowest BCUT2D eigenvalue weighted by molar-refractivity contribution is -0.157. The molecule has 1 fully saturated rings. The molecule has 0 radical (unpaired) electrons. The minimum Gasteiger partial charge on any atom is -0.480 e. The van der Waals surface area contributed by atoms with Gasteiger partial charge in [0.15, 0.2) is 11.6 Å². The van der Waals surface area contributed by atoms with Gasteiger partial charge in [0.25, 0.3) is 12.3 Å². The standard InChI is InChI=1S/C19H17F2NO4/c1-19(26,18(20)21)15(17(24)25)22-16(23)14-10-8-13(9-11-14)5-3-2-4-12-6-7-12/h8-12,15,18,26H,6-7H2,1H3,(H,22,23)(H,24,25). The highest BCUT2D eigenvalue weighted by Gasteiger charge is 2.46. The number of aliphatic hydroxyl groups is 1. The molecule has 0 aromatic heterocycles. The van der Waals surface area contributed by atoms with Gasteiger partial charge in [-0.1, -0.05) is 11.8 Å². The van der Waals surface area contributed by atoms with E-state index in [1.54, 1.807) is 0 Å². The highest BCUT2D eigenvalue weighted by Crippen LogP contribution is 2.27. The molecule has 7 heteroatoms. The van der Waals surface area contributed by atoms with Crippen molar-refractivity contribution in [3.8, 4) is 23.7 Å². The molecule has 2 atom stereocenters. The predicted octanol–water partition coefficient (Wildman–Crippen LogP) is 1.65. The van der Waals surface area contributed by atoms with E-state index in [0.29, 0.717) is 18.4 Å². The average molecular weight is 361 g/mol. The van der Waals surface area contributed by atoms with Crippen molar-refractivity contribution in [1.29, 1.82) is 0 Å². The summed E-state index contributed by atoms with van der Waals surface area (Å²) < 4.78 is 25.7. The van der Waals surface area contributed by atoms with Crippen LogP contribution in [-0.2, 0) is 4.79 Å². The number of alkyl halides is 2. The summed E-state index contributed by atoms with van der Waals surface area (Å²) in [5, 5.41) is 20.6. The molecule has 0 heterocycles. The first-order valence-corrected chi connectivity index (χ1v) is 7.87. The summed E-state index contributed by atoms with van der Waals surface area (Å²) in [6.07, 6.45) is -1.14. The molecule has 0 saturated heterocycles. The Hall–Kier alpha value is -2.90. The van der Waals surface area contributed by atoms with E-state index >= 15 is 0 Å². The normalized spacial score (nSPS) is 16.3. The third-order valence-electron chi connectivity index (χ3n) is 3.82. The Bertz CT molecular complexity index is 806. The molecule has 1 aromatic rings. The minimum atomic E-state index is -3.35. The molecule has 1 saturated carbocycles. The fraction of sp³-hybridized carbons (Fsp3) is 0.368. The molecule has 3 N–H and O–H groups in total. The second kappa shape index (κ2) is 7.99. The smallest absolute Gasteiger partial charge is 0.329 e. The van der Waals surface area contributed by atoms with Crippen molar-refractivity contribution >= 4 is 11.9 Å². The number of carboxylic acid groups (broad SMARTS) is 1. The number of aliphatic carboxylic acids is 1. The maximum Gasteiger partial charge on any atom is 0.329 e. The molecular weight excluding hydrogens is 344 g/mol. The van der Waals surface area contributed by atoms with Crippen LogP contribution in [0.2, 0.25) is 0 Å². The molecule has 2 rings (SSSR count). The van der Waals surface area contributed by atoms with E-state index in [4.69, 9.17) is 5.11 Å². The van der Waals surface area contributed by atoms with Crippen LogP contribution in [0, 0.1) is 29.6 Å². The SMILES string of the molecule is CC(O)(C(F)F)C(NC(=O)c1ccc(C#CC#CC2CC2)cc1)C(=O)O. The van der Waals surface area contributed by atoms with E-state index in [0.717, 1.165) is 12.8 Å². The van der Waals surface area contributed by atoms with Crippen molar-refractivity contribution < 1.29 is 28.6 Å². The zero-order valence-corrected chi connectivity index (χ0v) is 13.9. The lowest BCUT2D eigenvalue weighted by Crippen LogP contribution is -2.59.